The van der Waals surface area contributed by atoms with Crippen molar-refractivity contribution >= 4 is 27.3 Å². The van der Waals surface area contributed by atoms with Crippen molar-refractivity contribution in [1.29, 1.82) is 0 Å². The highest BCUT2D eigenvalue weighted by atomic mass is 35.5. The maximum absolute atomic E-state index is 12.5. The summed E-state index contributed by atoms with van der Waals surface area (Å²) in [5, 5.41) is 11.0. The molecule has 0 saturated heterocycles. The van der Waals surface area contributed by atoms with Crippen LogP contribution >= 0.6 is 11.6 Å². The van der Waals surface area contributed by atoms with E-state index in [1.165, 1.54) is 17.3 Å². The number of nitro groups is 1. The third-order valence-corrected chi connectivity index (χ3v) is 5.22. The van der Waals surface area contributed by atoms with Gasteiger partial charge in [0.05, 0.1) is 14.8 Å². The molecule has 0 spiro atoms. The Morgan fingerprint density at radius 3 is 2.48 bits per heavy atom. The zero-order valence-corrected chi connectivity index (χ0v) is 13.7. The van der Waals surface area contributed by atoms with Gasteiger partial charge < -0.3 is 0 Å². The second kappa shape index (κ2) is 6.55. The highest BCUT2D eigenvalue weighted by molar-refractivity contribution is 7.89. The summed E-state index contributed by atoms with van der Waals surface area (Å²) >= 11 is 5.92. The van der Waals surface area contributed by atoms with E-state index in [1.54, 1.807) is 13.8 Å². The lowest BCUT2D eigenvalue weighted by Gasteiger charge is -2.20. The number of rotatable bonds is 6. The highest BCUT2D eigenvalue weighted by Gasteiger charge is 2.27. The fourth-order valence-corrected chi connectivity index (χ4v) is 3.63. The Bertz CT molecular complexity index is 686. The second-order valence-corrected chi connectivity index (χ2v) is 7.04. The second-order valence-electron chi connectivity index (χ2n) is 4.69. The fourth-order valence-electron chi connectivity index (χ4n) is 1.80. The van der Waals surface area contributed by atoms with Crippen molar-refractivity contribution in [3.63, 3.8) is 0 Å². The van der Waals surface area contributed by atoms with Crippen LogP contribution in [-0.4, -0.2) is 30.7 Å². The molecule has 0 bridgehead atoms. The first kappa shape index (κ1) is 17.6. The lowest BCUT2D eigenvalue weighted by Crippen LogP contribution is -2.32. The van der Waals surface area contributed by atoms with Crippen LogP contribution in [0.1, 0.15) is 19.4 Å². The maximum atomic E-state index is 12.5. The van der Waals surface area contributed by atoms with Gasteiger partial charge in [-0.25, -0.2) is 8.42 Å². The summed E-state index contributed by atoms with van der Waals surface area (Å²) in [4.78, 5) is 10.2. The first-order chi connectivity index (χ1) is 9.61. The molecule has 1 rings (SSSR count). The van der Waals surface area contributed by atoms with Gasteiger partial charge in [0.25, 0.3) is 5.69 Å². The van der Waals surface area contributed by atoms with E-state index in [-0.39, 0.29) is 34.3 Å². The molecule has 1 aromatic carbocycles. The molecule has 0 aliphatic rings. The third kappa shape index (κ3) is 3.81. The van der Waals surface area contributed by atoms with E-state index in [4.69, 9.17) is 11.6 Å². The van der Waals surface area contributed by atoms with Crippen LogP contribution in [0.3, 0.4) is 0 Å². The van der Waals surface area contributed by atoms with Gasteiger partial charge in [-0.1, -0.05) is 30.7 Å². The van der Waals surface area contributed by atoms with Gasteiger partial charge in [0.15, 0.2) is 0 Å². The van der Waals surface area contributed by atoms with E-state index in [1.807, 2.05) is 0 Å². The monoisotopic (exact) mass is 332 g/mol. The molecular weight excluding hydrogens is 316 g/mol. The third-order valence-electron chi connectivity index (χ3n) is 2.92. The molecule has 0 atom stereocenters. The topological polar surface area (TPSA) is 80.5 Å². The summed E-state index contributed by atoms with van der Waals surface area (Å²) < 4.78 is 26.3. The Kier molecular flexibility index (Phi) is 5.49. The molecule has 6 nitrogen and oxygen atoms in total. The van der Waals surface area contributed by atoms with Crippen LogP contribution in [0.25, 0.3) is 0 Å². The largest absolute Gasteiger partial charge is 0.275 e. The van der Waals surface area contributed by atoms with Crippen LogP contribution in [0.5, 0.6) is 0 Å². The number of hydrogen-bond donors (Lipinski definition) is 0. The highest BCUT2D eigenvalue weighted by Crippen LogP contribution is 2.31. The molecule has 0 aliphatic heterocycles. The molecule has 0 N–H and O–H groups in total. The number of hydrogen-bond acceptors (Lipinski definition) is 4. The minimum atomic E-state index is -3.86. The predicted octanol–water partition coefficient (Wildman–Crippen LogP) is 3.14. The number of nitro benzene ring substituents is 1. The van der Waals surface area contributed by atoms with Crippen molar-refractivity contribution in [3.8, 4) is 0 Å². The smallest absolute Gasteiger partial charge is 0.258 e. The molecule has 0 radical (unpaired) electrons. The molecule has 0 aliphatic carbocycles. The normalized spacial score (nSPS) is 11.7. The van der Waals surface area contributed by atoms with Gasteiger partial charge in [-0.2, -0.15) is 4.31 Å². The Balaban J connectivity index is 3.44. The SMILES string of the molecule is C=C(C)CN(CC)S(=O)(=O)c1cc(Cl)c(C)c([N+](=O)[O-])c1. The molecule has 0 fully saturated rings. The van der Waals surface area contributed by atoms with Gasteiger partial charge >= 0.3 is 0 Å². The number of nitrogens with zero attached hydrogens (tertiary/aromatic N) is 2. The predicted molar refractivity (Wildman–Crippen MR) is 82.1 cm³/mol. The molecule has 21 heavy (non-hydrogen) atoms. The standard InChI is InChI=1S/C13H17ClN2O4S/c1-5-15(8-9(2)3)21(19,20)11-6-12(14)10(4)13(7-11)16(17)18/h6-7H,2,5,8H2,1,3-4H3. The van der Waals surface area contributed by atoms with Gasteiger partial charge in [-0.3, -0.25) is 10.1 Å². The van der Waals surface area contributed by atoms with Crippen LogP contribution in [-0.2, 0) is 10.0 Å². The van der Waals surface area contributed by atoms with Crippen molar-refractivity contribution in [1.82, 2.24) is 4.31 Å². The van der Waals surface area contributed by atoms with E-state index in [0.717, 1.165) is 6.07 Å². The summed E-state index contributed by atoms with van der Waals surface area (Å²) in [5.41, 5.74) is 0.601. The van der Waals surface area contributed by atoms with Crippen molar-refractivity contribution < 1.29 is 13.3 Å². The van der Waals surface area contributed by atoms with Crippen LogP contribution < -0.4 is 0 Å². The van der Waals surface area contributed by atoms with Crippen molar-refractivity contribution in [2.45, 2.75) is 25.7 Å². The van der Waals surface area contributed by atoms with Gasteiger partial charge in [-0.15, -0.1) is 0 Å². The quantitative estimate of drug-likeness (QED) is 0.455. The molecule has 0 aromatic heterocycles. The van der Waals surface area contributed by atoms with Gasteiger partial charge in [0, 0.05) is 24.7 Å². The van der Waals surface area contributed by atoms with Crippen LogP contribution in [0.2, 0.25) is 5.02 Å². The number of halogens is 1. The van der Waals surface area contributed by atoms with Crippen molar-refractivity contribution in [2.24, 2.45) is 0 Å². The number of benzene rings is 1. The average Bonchev–Trinajstić information content (AvgIpc) is 2.37. The van der Waals surface area contributed by atoms with E-state index < -0.39 is 14.9 Å². The Morgan fingerprint density at radius 2 is 2.05 bits per heavy atom. The lowest BCUT2D eigenvalue weighted by molar-refractivity contribution is -0.385. The number of likely N-dealkylation sites (N-methyl/N-ethyl adjacent to an activating group) is 1. The fraction of sp³-hybridized carbons (Fsp3) is 0.385. The number of sulfonamides is 1. The van der Waals surface area contributed by atoms with Crippen LogP contribution in [0, 0.1) is 17.0 Å². The van der Waals surface area contributed by atoms with Crippen molar-refractivity contribution in [2.75, 3.05) is 13.1 Å². The molecular formula is C13H17ClN2O4S. The molecule has 116 valence electrons. The summed E-state index contributed by atoms with van der Waals surface area (Å²) in [6.07, 6.45) is 0. The Hall–Kier alpha value is -1.44. The van der Waals surface area contributed by atoms with Crippen molar-refractivity contribution in [3.05, 3.63) is 45.0 Å². The van der Waals surface area contributed by atoms with Gasteiger partial charge in [0.2, 0.25) is 10.0 Å². The van der Waals surface area contributed by atoms with E-state index >= 15 is 0 Å². The molecule has 1 aromatic rings. The van der Waals surface area contributed by atoms with E-state index in [9.17, 15) is 18.5 Å². The Morgan fingerprint density at radius 1 is 1.48 bits per heavy atom. The molecule has 0 amide bonds. The molecule has 8 heteroatoms. The summed E-state index contributed by atoms with van der Waals surface area (Å²) in [7, 11) is -3.86. The first-order valence-electron chi connectivity index (χ1n) is 6.20. The van der Waals surface area contributed by atoms with Gasteiger partial charge in [0.1, 0.15) is 0 Å². The molecule has 0 unspecified atom stereocenters. The molecule has 0 heterocycles. The zero-order valence-electron chi connectivity index (χ0n) is 12.1. The summed E-state index contributed by atoms with van der Waals surface area (Å²) in [6.45, 7) is 8.94. The zero-order chi connectivity index (χ0) is 16.4. The van der Waals surface area contributed by atoms with E-state index in [2.05, 4.69) is 6.58 Å². The van der Waals surface area contributed by atoms with Gasteiger partial charge in [-0.05, 0) is 19.9 Å². The molecule has 0 saturated carbocycles. The first-order valence-corrected chi connectivity index (χ1v) is 8.02. The summed E-state index contributed by atoms with van der Waals surface area (Å²) in [6, 6.07) is 2.28. The minimum Gasteiger partial charge on any atom is -0.258 e. The summed E-state index contributed by atoms with van der Waals surface area (Å²) in [5.74, 6) is 0. The lowest BCUT2D eigenvalue weighted by atomic mass is 10.2. The average molecular weight is 333 g/mol. The Labute approximate surface area is 129 Å². The van der Waals surface area contributed by atoms with E-state index in [0.29, 0.717) is 5.57 Å². The van der Waals surface area contributed by atoms with Crippen LogP contribution in [0.15, 0.2) is 29.2 Å². The van der Waals surface area contributed by atoms with Crippen LogP contribution in [0.4, 0.5) is 5.69 Å². The minimum absolute atomic E-state index is 0.0501. The maximum Gasteiger partial charge on any atom is 0.275 e.